The Morgan fingerprint density at radius 1 is 0.979 bits per heavy atom. The Balaban J connectivity index is 1.39. The molecule has 0 unspecified atom stereocenters. The molecule has 47 heavy (non-hydrogen) atoms. The van der Waals surface area contributed by atoms with Gasteiger partial charge in [-0.25, -0.2) is 13.2 Å². The van der Waals surface area contributed by atoms with Crippen molar-refractivity contribution < 1.29 is 40.8 Å². The Bertz CT molecular complexity index is 1610. The molecule has 4 N–H and O–H groups in total. The number of para-hydroxylation sites is 1. The van der Waals surface area contributed by atoms with Crippen molar-refractivity contribution in [1.29, 1.82) is 0 Å². The van der Waals surface area contributed by atoms with Crippen LogP contribution < -0.4 is 20.1 Å². The van der Waals surface area contributed by atoms with Gasteiger partial charge >= 0.3 is 16.3 Å². The summed E-state index contributed by atoms with van der Waals surface area (Å²) in [6.45, 7) is 5.83. The number of nitrogens with zero attached hydrogens (tertiary/aromatic N) is 2. The molecule has 1 heterocycles. The van der Waals surface area contributed by atoms with Gasteiger partial charge in [-0.1, -0.05) is 45.9 Å². The molecule has 1 saturated heterocycles. The highest BCUT2D eigenvalue weighted by Gasteiger charge is 2.61. The minimum absolute atomic E-state index is 0.155. The van der Waals surface area contributed by atoms with Gasteiger partial charge < -0.3 is 20.3 Å². The minimum atomic E-state index is -4.29. The van der Waals surface area contributed by atoms with Gasteiger partial charge in [0.05, 0.1) is 11.9 Å². The van der Waals surface area contributed by atoms with Crippen molar-refractivity contribution in [3.63, 3.8) is 0 Å². The predicted molar refractivity (Wildman–Crippen MR) is 171 cm³/mol. The smallest absolute Gasteiger partial charge is 0.408 e. The third-order valence-electron chi connectivity index (χ3n) is 9.22. The third kappa shape index (κ3) is 7.83. The van der Waals surface area contributed by atoms with Gasteiger partial charge in [0.2, 0.25) is 21.8 Å². The van der Waals surface area contributed by atoms with E-state index in [1.807, 2.05) is 0 Å². The maximum Gasteiger partial charge on any atom is 0.408 e. The first-order chi connectivity index (χ1) is 21.9. The zero-order valence-electron chi connectivity index (χ0n) is 27.0. The summed E-state index contributed by atoms with van der Waals surface area (Å²) in [6.07, 6.45) is 3.26. The molecular weight excluding hydrogens is 652 g/mol. The van der Waals surface area contributed by atoms with Gasteiger partial charge in [-0.15, -0.1) is 0 Å². The van der Waals surface area contributed by atoms with E-state index in [2.05, 4.69) is 20.1 Å². The lowest BCUT2D eigenvalue weighted by Gasteiger charge is -2.35. The average Bonchev–Trinajstić information content (AvgIpc) is 3.82. The van der Waals surface area contributed by atoms with E-state index in [0.717, 1.165) is 22.0 Å². The number of carbonyl (C=O) groups is 4. The van der Waals surface area contributed by atoms with Gasteiger partial charge in [0.25, 0.3) is 5.91 Å². The Labute approximate surface area is 275 Å². The van der Waals surface area contributed by atoms with Crippen LogP contribution in [0.25, 0.3) is 0 Å². The standard InChI is InChI=1S/C30H44N6O9S2/c1-19-16-30(19,27(39)34-46(41,42)22-14-15-22)32-25(37)23-17-35(47(43,44)33-20-10-6-5-7-11-20)18-36(23)26(38)24(29(2,3)4)31-28(40)45-21-12-8-9-13-21/h5-7,10-11,19,21-24,33H,8-9,12-18H2,1-4H3,(H,31,40)(H,32,37)(H,34,39)/t19-,23+,24-,30-/m1/s1. The number of carbonyl (C=O) groups excluding carboxylic acids is 4. The van der Waals surface area contributed by atoms with Crippen LogP contribution in [0.1, 0.15) is 72.6 Å². The number of sulfonamides is 1. The summed E-state index contributed by atoms with van der Waals surface area (Å²) in [5.74, 6) is -2.85. The maximum atomic E-state index is 14.2. The molecule has 1 aromatic carbocycles. The van der Waals surface area contributed by atoms with Crippen LogP contribution >= 0.6 is 0 Å². The van der Waals surface area contributed by atoms with Crippen LogP contribution in [0, 0.1) is 11.3 Å². The number of hydrogen-bond donors (Lipinski definition) is 4. The number of nitrogens with one attached hydrogen (secondary N) is 4. The second-order valence-corrected chi connectivity index (χ2v) is 17.7. The normalized spacial score (nSPS) is 25.9. The lowest BCUT2D eigenvalue weighted by molar-refractivity contribution is -0.142. The Morgan fingerprint density at radius 3 is 2.15 bits per heavy atom. The molecule has 1 aliphatic heterocycles. The molecule has 5 rings (SSSR count). The van der Waals surface area contributed by atoms with Crippen LogP contribution in [0.4, 0.5) is 10.5 Å². The van der Waals surface area contributed by atoms with Gasteiger partial charge in [0.1, 0.15) is 23.7 Å². The quantitative estimate of drug-likeness (QED) is 0.264. The Hall–Kier alpha value is -3.44. The third-order valence-corrected chi connectivity index (χ3v) is 12.5. The summed E-state index contributed by atoms with van der Waals surface area (Å²) in [5, 5.41) is 4.64. The van der Waals surface area contributed by atoms with Gasteiger partial charge in [-0.2, -0.15) is 12.7 Å². The van der Waals surface area contributed by atoms with Crippen LogP contribution in [-0.4, -0.2) is 92.0 Å². The van der Waals surface area contributed by atoms with Crippen LogP contribution in [0.2, 0.25) is 0 Å². The molecule has 0 radical (unpaired) electrons. The van der Waals surface area contributed by atoms with Crippen molar-refractivity contribution in [2.24, 2.45) is 11.3 Å². The fraction of sp³-hybridized carbons (Fsp3) is 0.667. The second-order valence-electron chi connectivity index (χ2n) is 14.1. The molecule has 0 bridgehead atoms. The van der Waals surface area contributed by atoms with E-state index in [0.29, 0.717) is 25.7 Å². The van der Waals surface area contributed by atoms with Crippen molar-refractivity contribution in [3.05, 3.63) is 30.3 Å². The summed E-state index contributed by atoms with van der Waals surface area (Å²) < 4.78 is 63.0. The predicted octanol–water partition coefficient (Wildman–Crippen LogP) is 1.40. The summed E-state index contributed by atoms with van der Waals surface area (Å²) >= 11 is 0. The first-order valence-electron chi connectivity index (χ1n) is 15.9. The molecule has 4 fully saturated rings. The molecule has 17 heteroatoms. The van der Waals surface area contributed by atoms with Gasteiger partial charge in [-0.3, -0.25) is 23.8 Å². The van der Waals surface area contributed by atoms with Gasteiger partial charge in [0.15, 0.2) is 0 Å². The summed E-state index contributed by atoms with van der Waals surface area (Å²) in [4.78, 5) is 55.4. The number of alkyl carbamates (subject to hydrolysis) is 1. The first kappa shape index (κ1) is 34.9. The zero-order valence-corrected chi connectivity index (χ0v) is 28.7. The van der Waals surface area contributed by atoms with Gasteiger partial charge in [0, 0.05) is 12.2 Å². The topological polar surface area (TPSA) is 200 Å². The number of amides is 4. The SMILES string of the molecule is C[C@@H]1C[C@]1(NC(=O)[C@@H]1CN(S(=O)(=O)Nc2ccccc2)CN1C(=O)[C@@H](NC(=O)OC1CCCC1)C(C)(C)C)C(=O)NS(=O)(=O)C1CC1. The molecular formula is C30H44N6O9S2. The highest BCUT2D eigenvalue weighted by molar-refractivity contribution is 7.91. The molecule has 1 aromatic rings. The molecule has 4 aliphatic rings. The molecule has 3 aliphatic carbocycles. The molecule has 260 valence electrons. The number of rotatable bonds is 11. The Kier molecular flexibility index (Phi) is 9.56. The lowest BCUT2D eigenvalue weighted by Crippen LogP contribution is -2.60. The number of ether oxygens (including phenoxy) is 1. The van der Waals surface area contributed by atoms with E-state index in [1.165, 1.54) is 0 Å². The molecule has 0 spiro atoms. The molecule has 4 amide bonds. The highest BCUT2D eigenvalue weighted by Crippen LogP contribution is 2.44. The number of benzene rings is 1. The van der Waals surface area contributed by atoms with E-state index in [4.69, 9.17) is 4.74 Å². The number of anilines is 1. The highest BCUT2D eigenvalue weighted by atomic mass is 32.2. The van der Waals surface area contributed by atoms with Gasteiger partial charge in [-0.05, 0) is 68.4 Å². The van der Waals surface area contributed by atoms with Crippen molar-refractivity contribution in [3.8, 4) is 0 Å². The van der Waals surface area contributed by atoms with Crippen molar-refractivity contribution in [2.45, 2.75) is 102 Å². The lowest BCUT2D eigenvalue weighted by atomic mass is 9.85. The van der Waals surface area contributed by atoms with Crippen molar-refractivity contribution >= 4 is 49.7 Å². The molecule has 3 saturated carbocycles. The van der Waals surface area contributed by atoms with E-state index in [-0.39, 0.29) is 18.2 Å². The molecule has 15 nitrogen and oxygen atoms in total. The fourth-order valence-electron chi connectivity index (χ4n) is 6.04. The van der Waals surface area contributed by atoms with Crippen molar-refractivity contribution in [1.82, 2.24) is 24.6 Å². The molecule has 0 aromatic heterocycles. The van der Waals surface area contributed by atoms with E-state index >= 15 is 0 Å². The second kappa shape index (κ2) is 12.9. The molecule has 4 atom stereocenters. The van der Waals surface area contributed by atoms with E-state index < -0.39 is 91.5 Å². The Morgan fingerprint density at radius 2 is 1.60 bits per heavy atom. The number of hydrogen-bond acceptors (Lipinski definition) is 9. The summed E-state index contributed by atoms with van der Waals surface area (Å²) in [6, 6.07) is 5.46. The summed E-state index contributed by atoms with van der Waals surface area (Å²) in [7, 11) is -8.19. The monoisotopic (exact) mass is 696 g/mol. The van der Waals surface area contributed by atoms with Crippen LogP contribution in [0.3, 0.4) is 0 Å². The van der Waals surface area contributed by atoms with Crippen LogP contribution in [-0.2, 0) is 39.4 Å². The maximum absolute atomic E-state index is 14.2. The first-order valence-corrected chi connectivity index (χ1v) is 18.9. The van der Waals surface area contributed by atoms with E-state index in [9.17, 15) is 36.0 Å². The summed E-state index contributed by atoms with van der Waals surface area (Å²) in [5.41, 5.74) is -2.17. The zero-order chi connectivity index (χ0) is 34.4. The van der Waals surface area contributed by atoms with Crippen molar-refractivity contribution in [2.75, 3.05) is 17.9 Å². The fourth-order valence-corrected chi connectivity index (χ4v) is 8.58. The van der Waals surface area contributed by atoms with Crippen LogP contribution in [0.15, 0.2) is 30.3 Å². The van der Waals surface area contributed by atoms with E-state index in [1.54, 1.807) is 58.0 Å². The average molecular weight is 697 g/mol. The van der Waals surface area contributed by atoms with Crippen LogP contribution in [0.5, 0.6) is 0 Å². The minimum Gasteiger partial charge on any atom is -0.446 e. The largest absolute Gasteiger partial charge is 0.446 e.